The van der Waals surface area contributed by atoms with Crippen molar-refractivity contribution in [2.45, 2.75) is 11.4 Å². The van der Waals surface area contributed by atoms with Crippen molar-refractivity contribution in [2.75, 3.05) is 14.1 Å². The number of rotatable bonds is 5. The molecule has 1 aromatic heterocycles. The monoisotopic (exact) mass is 338 g/mol. The molecule has 8 heteroatoms. The number of carbonyl (C=O) groups is 1. The lowest BCUT2D eigenvalue weighted by Gasteiger charge is -2.13. The Balaban J connectivity index is 2.40. The van der Waals surface area contributed by atoms with Gasteiger partial charge in [-0.1, -0.05) is 12.1 Å². The number of sulfonamides is 1. The first-order valence-corrected chi connectivity index (χ1v) is 8.08. The molecular formula is C15H15FN2O4S. The van der Waals surface area contributed by atoms with E-state index in [1.807, 2.05) is 0 Å². The van der Waals surface area contributed by atoms with Gasteiger partial charge in [0, 0.05) is 26.4 Å². The summed E-state index contributed by atoms with van der Waals surface area (Å²) >= 11 is 0. The lowest BCUT2D eigenvalue weighted by atomic mass is 10.1. The Bertz CT molecular complexity index is 904. The smallest absolute Gasteiger partial charge is 0.251 e. The molecule has 0 aliphatic rings. The molecule has 6 nitrogen and oxygen atoms in total. The van der Waals surface area contributed by atoms with E-state index in [4.69, 9.17) is 0 Å². The number of hydrogen-bond acceptors (Lipinski definition) is 4. The van der Waals surface area contributed by atoms with E-state index in [9.17, 15) is 22.4 Å². The van der Waals surface area contributed by atoms with E-state index in [-0.39, 0.29) is 10.5 Å². The number of carbonyl (C=O) groups excluding carboxylic acids is 1. The third-order valence-corrected chi connectivity index (χ3v) is 5.02. The Hall–Kier alpha value is -2.32. The number of pyridine rings is 1. The number of hydrogen-bond donors (Lipinski definition) is 0. The van der Waals surface area contributed by atoms with Crippen LogP contribution in [0.4, 0.5) is 4.39 Å². The molecule has 0 aliphatic carbocycles. The van der Waals surface area contributed by atoms with Gasteiger partial charge < -0.3 is 4.57 Å². The highest BCUT2D eigenvalue weighted by molar-refractivity contribution is 7.89. The second kappa shape index (κ2) is 6.43. The van der Waals surface area contributed by atoms with Gasteiger partial charge in [-0.05, 0) is 18.2 Å². The summed E-state index contributed by atoms with van der Waals surface area (Å²) in [6.07, 6.45) is 1.08. The Kier molecular flexibility index (Phi) is 4.76. The highest BCUT2D eigenvalue weighted by Crippen LogP contribution is 2.12. The Morgan fingerprint density at radius 2 is 1.83 bits per heavy atom. The van der Waals surface area contributed by atoms with Crippen LogP contribution in [0.15, 0.2) is 52.3 Å². The zero-order valence-electron chi connectivity index (χ0n) is 12.6. The molecule has 0 atom stereocenters. The van der Waals surface area contributed by atoms with Crippen LogP contribution < -0.4 is 5.56 Å². The summed E-state index contributed by atoms with van der Waals surface area (Å²) in [7, 11) is -1.02. The van der Waals surface area contributed by atoms with Crippen LogP contribution in [0.3, 0.4) is 0 Å². The van der Waals surface area contributed by atoms with Gasteiger partial charge in [0.2, 0.25) is 10.0 Å². The molecule has 2 aromatic rings. The van der Waals surface area contributed by atoms with Crippen LogP contribution in [-0.4, -0.2) is 37.2 Å². The molecule has 0 amide bonds. The van der Waals surface area contributed by atoms with Gasteiger partial charge in [0.15, 0.2) is 5.78 Å². The average Bonchev–Trinajstić information content (AvgIpc) is 2.49. The number of Topliss-reactive ketones (excluding diaryl/α,β-unsaturated/α-hetero) is 1. The van der Waals surface area contributed by atoms with Crippen LogP contribution in [-0.2, 0) is 16.6 Å². The highest BCUT2D eigenvalue weighted by Gasteiger charge is 2.19. The molecule has 0 bridgehead atoms. The minimum Gasteiger partial charge on any atom is -0.306 e. The van der Waals surface area contributed by atoms with Crippen molar-refractivity contribution in [1.29, 1.82) is 0 Å². The third-order valence-electron chi connectivity index (χ3n) is 3.22. The Morgan fingerprint density at radius 1 is 1.17 bits per heavy atom. The second-order valence-electron chi connectivity index (χ2n) is 5.02. The molecule has 1 heterocycles. The molecule has 0 spiro atoms. The van der Waals surface area contributed by atoms with Gasteiger partial charge in [-0.25, -0.2) is 17.1 Å². The summed E-state index contributed by atoms with van der Waals surface area (Å²) in [5.74, 6) is -1.31. The SMILES string of the molecule is CN(C)S(=O)(=O)c1ccc(=O)n(CC(=O)c2ccccc2F)c1. The summed E-state index contributed by atoms with van der Waals surface area (Å²) < 4.78 is 39.7. The first-order valence-electron chi connectivity index (χ1n) is 6.64. The zero-order valence-corrected chi connectivity index (χ0v) is 13.4. The van der Waals surface area contributed by atoms with Crippen LogP contribution >= 0.6 is 0 Å². The molecule has 0 saturated heterocycles. The predicted molar refractivity (Wildman–Crippen MR) is 82.3 cm³/mol. The van der Waals surface area contributed by atoms with E-state index < -0.39 is 33.7 Å². The summed E-state index contributed by atoms with van der Waals surface area (Å²) in [4.78, 5) is 23.8. The van der Waals surface area contributed by atoms with Gasteiger partial charge in [0.05, 0.1) is 17.0 Å². The molecule has 1 aromatic carbocycles. The fraction of sp³-hybridized carbons (Fsp3) is 0.200. The van der Waals surface area contributed by atoms with E-state index >= 15 is 0 Å². The highest BCUT2D eigenvalue weighted by atomic mass is 32.2. The van der Waals surface area contributed by atoms with Crippen molar-refractivity contribution in [3.05, 3.63) is 64.3 Å². The molecule has 122 valence electrons. The van der Waals surface area contributed by atoms with Crippen LogP contribution in [0.5, 0.6) is 0 Å². The van der Waals surface area contributed by atoms with E-state index in [2.05, 4.69) is 0 Å². The molecule has 0 fully saturated rings. The van der Waals surface area contributed by atoms with Crippen molar-refractivity contribution in [3.8, 4) is 0 Å². The van der Waals surface area contributed by atoms with Crippen molar-refractivity contribution in [2.24, 2.45) is 0 Å². The minimum atomic E-state index is -3.74. The van der Waals surface area contributed by atoms with Gasteiger partial charge in [-0.2, -0.15) is 0 Å². The van der Waals surface area contributed by atoms with Gasteiger partial charge >= 0.3 is 0 Å². The average molecular weight is 338 g/mol. The maximum atomic E-state index is 13.6. The molecule has 0 unspecified atom stereocenters. The fourth-order valence-corrected chi connectivity index (χ4v) is 2.85. The summed E-state index contributed by atoms with van der Waals surface area (Å²) in [5, 5.41) is 0. The lowest BCUT2D eigenvalue weighted by molar-refractivity contribution is 0.0966. The van der Waals surface area contributed by atoms with E-state index in [0.717, 1.165) is 27.2 Å². The number of aromatic nitrogens is 1. The topological polar surface area (TPSA) is 76.5 Å². The molecule has 0 aliphatic heterocycles. The number of ketones is 1. The van der Waals surface area contributed by atoms with Gasteiger partial charge in [-0.15, -0.1) is 0 Å². The summed E-state index contributed by atoms with van der Waals surface area (Å²) in [6, 6.07) is 7.63. The predicted octanol–water partition coefficient (Wildman–Crippen LogP) is 1.12. The molecule has 0 saturated carbocycles. The van der Waals surface area contributed by atoms with Gasteiger partial charge in [-0.3, -0.25) is 9.59 Å². The van der Waals surface area contributed by atoms with E-state index in [0.29, 0.717) is 0 Å². The fourth-order valence-electron chi connectivity index (χ4n) is 1.92. The van der Waals surface area contributed by atoms with Crippen LogP contribution in [0, 0.1) is 5.82 Å². The minimum absolute atomic E-state index is 0.122. The standard InChI is InChI=1S/C15H15FN2O4S/c1-17(2)23(21,22)11-7-8-15(20)18(9-11)10-14(19)12-5-3-4-6-13(12)16/h3-9H,10H2,1-2H3. The Morgan fingerprint density at radius 3 is 2.43 bits per heavy atom. The number of benzene rings is 1. The molecular weight excluding hydrogens is 323 g/mol. The first kappa shape index (κ1) is 17.0. The molecule has 23 heavy (non-hydrogen) atoms. The number of halogens is 1. The molecule has 2 rings (SSSR count). The van der Waals surface area contributed by atoms with Gasteiger partial charge in [0.1, 0.15) is 5.82 Å². The van der Waals surface area contributed by atoms with Crippen LogP contribution in [0.25, 0.3) is 0 Å². The van der Waals surface area contributed by atoms with Crippen LogP contribution in [0.2, 0.25) is 0 Å². The molecule has 0 N–H and O–H groups in total. The largest absolute Gasteiger partial charge is 0.306 e. The molecule has 0 radical (unpaired) electrons. The Labute approximate surface area is 132 Å². The zero-order chi connectivity index (χ0) is 17.2. The first-order chi connectivity index (χ1) is 10.7. The van der Waals surface area contributed by atoms with Crippen molar-refractivity contribution >= 4 is 15.8 Å². The van der Waals surface area contributed by atoms with Crippen molar-refractivity contribution in [1.82, 2.24) is 8.87 Å². The van der Waals surface area contributed by atoms with E-state index in [1.165, 1.54) is 38.4 Å². The number of nitrogens with zero attached hydrogens (tertiary/aromatic N) is 2. The van der Waals surface area contributed by atoms with Crippen molar-refractivity contribution in [3.63, 3.8) is 0 Å². The van der Waals surface area contributed by atoms with E-state index in [1.54, 1.807) is 0 Å². The maximum absolute atomic E-state index is 13.6. The lowest BCUT2D eigenvalue weighted by Crippen LogP contribution is -2.27. The third kappa shape index (κ3) is 3.54. The normalized spacial score (nSPS) is 11.7. The summed E-state index contributed by atoms with van der Waals surface area (Å²) in [6.45, 7) is -0.448. The second-order valence-corrected chi connectivity index (χ2v) is 7.17. The summed E-state index contributed by atoms with van der Waals surface area (Å²) in [5.41, 5.74) is -0.701. The van der Waals surface area contributed by atoms with Gasteiger partial charge in [0.25, 0.3) is 5.56 Å². The van der Waals surface area contributed by atoms with Crippen molar-refractivity contribution < 1.29 is 17.6 Å². The quantitative estimate of drug-likeness (QED) is 0.766. The van der Waals surface area contributed by atoms with Crippen LogP contribution in [0.1, 0.15) is 10.4 Å². The maximum Gasteiger partial charge on any atom is 0.251 e.